The fraction of sp³-hybridized carbons (Fsp3) is 0.727. The van der Waals surface area contributed by atoms with E-state index >= 15 is 0 Å². The van der Waals surface area contributed by atoms with Crippen molar-refractivity contribution in [3.8, 4) is 0 Å². The van der Waals surface area contributed by atoms with Crippen LogP contribution in [-0.2, 0) is 19.1 Å². The Hall–Kier alpha value is -0.870. The summed E-state index contributed by atoms with van der Waals surface area (Å²) < 4.78 is 1.78. The fourth-order valence-electron chi connectivity index (χ4n) is 2.54. The van der Waals surface area contributed by atoms with Crippen LogP contribution in [0.25, 0.3) is 0 Å². The molecule has 0 radical (unpaired) electrons. The van der Waals surface area contributed by atoms with Crippen LogP contribution in [0, 0.1) is 5.92 Å². The number of nitrogens with two attached hydrogens (primary N) is 1. The summed E-state index contributed by atoms with van der Waals surface area (Å²) in [6, 6.07) is 0. The van der Waals surface area contributed by atoms with Crippen LogP contribution in [0.2, 0.25) is 0 Å². The van der Waals surface area contributed by atoms with Gasteiger partial charge in [-0.25, -0.2) is 0 Å². The van der Waals surface area contributed by atoms with Gasteiger partial charge in [-0.2, -0.15) is 5.10 Å². The van der Waals surface area contributed by atoms with Crippen molar-refractivity contribution in [2.24, 2.45) is 18.7 Å². The molecule has 0 bridgehead atoms. The highest BCUT2D eigenvalue weighted by atomic mass is 16.3. The predicted octanol–water partition coefficient (Wildman–Crippen LogP) is 0.539. The van der Waals surface area contributed by atoms with Crippen molar-refractivity contribution in [2.75, 3.05) is 6.54 Å². The van der Waals surface area contributed by atoms with E-state index < -0.39 is 5.60 Å². The minimum atomic E-state index is -0.767. The van der Waals surface area contributed by atoms with Gasteiger partial charge in [0.2, 0.25) is 0 Å². The average Bonchev–Trinajstić information content (AvgIpc) is 2.55. The van der Waals surface area contributed by atoms with E-state index in [0.717, 1.165) is 24.1 Å². The third-order valence-electron chi connectivity index (χ3n) is 3.53. The van der Waals surface area contributed by atoms with Crippen molar-refractivity contribution in [1.82, 2.24) is 9.78 Å². The van der Waals surface area contributed by atoms with Gasteiger partial charge in [0.25, 0.3) is 0 Å². The third-order valence-corrected chi connectivity index (χ3v) is 3.53. The molecule has 0 spiro atoms. The zero-order valence-electron chi connectivity index (χ0n) is 9.40. The first-order valence-electron chi connectivity index (χ1n) is 5.53. The van der Waals surface area contributed by atoms with E-state index in [1.165, 1.54) is 0 Å². The summed E-state index contributed by atoms with van der Waals surface area (Å²) in [6.07, 6.45) is 4.50. The molecule has 4 nitrogen and oxygen atoms in total. The second-order valence-electron chi connectivity index (χ2n) is 4.57. The minimum Gasteiger partial charge on any atom is -0.385 e. The Balaban J connectivity index is 2.44. The molecule has 0 saturated heterocycles. The molecule has 0 fully saturated rings. The van der Waals surface area contributed by atoms with Crippen molar-refractivity contribution in [3.05, 3.63) is 17.5 Å². The highest BCUT2D eigenvalue weighted by molar-refractivity contribution is 5.28. The van der Waals surface area contributed by atoms with Gasteiger partial charge in [-0.15, -0.1) is 0 Å². The number of rotatable bonds is 2. The molecular formula is C11H19N3O. The Kier molecular flexibility index (Phi) is 2.56. The maximum Gasteiger partial charge on any atom is 0.0967 e. The molecule has 0 aliphatic heterocycles. The number of aliphatic hydroxyl groups is 1. The minimum absolute atomic E-state index is 0.262. The van der Waals surface area contributed by atoms with E-state index in [1.54, 1.807) is 4.68 Å². The van der Waals surface area contributed by atoms with Gasteiger partial charge in [0.1, 0.15) is 0 Å². The highest BCUT2D eigenvalue weighted by Crippen LogP contribution is 2.41. The second kappa shape index (κ2) is 3.61. The first-order chi connectivity index (χ1) is 7.08. The van der Waals surface area contributed by atoms with Crippen LogP contribution < -0.4 is 5.73 Å². The van der Waals surface area contributed by atoms with Crippen molar-refractivity contribution >= 4 is 0 Å². The van der Waals surface area contributed by atoms with Gasteiger partial charge >= 0.3 is 0 Å². The fourth-order valence-corrected chi connectivity index (χ4v) is 2.54. The molecular weight excluding hydrogens is 190 g/mol. The monoisotopic (exact) mass is 209 g/mol. The van der Waals surface area contributed by atoms with Crippen LogP contribution in [0.4, 0.5) is 0 Å². The smallest absolute Gasteiger partial charge is 0.0967 e. The summed E-state index contributed by atoms with van der Waals surface area (Å²) in [5.74, 6) is 0.262. The molecule has 1 heterocycles. The summed E-state index contributed by atoms with van der Waals surface area (Å²) >= 11 is 0. The third kappa shape index (κ3) is 1.58. The topological polar surface area (TPSA) is 64.1 Å². The number of hydrogen-bond acceptors (Lipinski definition) is 3. The molecule has 15 heavy (non-hydrogen) atoms. The molecule has 4 heteroatoms. The Bertz CT molecular complexity index is 361. The number of nitrogens with zero attached hydrogens (tertiary/aromatic N) is 2. The largest absolute Gasteiger partial charge is 0.385 e. The van der Waals surface area contributed by atoms with E-state index in [0.29, 0.717) is 13.0 Å². The summed E-state index contributed by atoms with van der Waals surface area (Å²) in [6.45, 7) is 2.60. The molecule has 2 unspecified atom stereocenters. The molecule has 3 N–H and O–H groups in total. The van der Waals surface area contributed by atoms with Gasteiger partial charge in [-0.3, -0.25) is 4.68 Å². The summed E-state index contributed by atoms with van der Waals surface area (Å²) in [7, 11) is 1.89. The lowest BCUT2D eigenvalue weighted by Crippen LogP contribution is -2.39. The number of aromatic nitrogens is 2. The SMILES string of the molecule is CC1CCc2nn(C)cc2C1(O)CCN. The van der Waals surface area contributed by atoms with Crippen LogP contribution >= 0.6 is 0 Å². The van der Waals surface area contributed by atoms with Gasteiger partial charge in [-0.05, 0) is 31.7 Å². The van der Waals surface area contributed by atoms with Gasteiger partial charge in [0.05, 0.1) is 11.3 Å². The van der Waals surface area contributed by atoms with Crippen LogP contribution in [0.15, 0.2) is 6.20 Å². The van der Waals surface area contributed by atoms with Crippen LogP contribution in [-0.4, -0.2) is 21.4 Å². The molecule has 0 aromatic carbocycles. The zero-order valence-corrected chi connectivity index (χ0v) is 9.40. The Morgan fingerprint density at radius 1 is 1.73 bits per heavy atom. The van der Waals surface area contributed by atoms with Crippen LogP contribution in [0.5, 0.6) is 0 Å². The van der Waals surface area contributed by atoms with Gasteiger partial charge in [0, 0.05) is 18.8 Å². The van der Waals surface area contributed by atoms with Gasteiger partial charge in [0.15, 0.2) is 0 Å². The Morgan fingerprint density at radius 2 is 2.47 bits per heavy atom. The lowest BCUT2D eigenvalue weighted by molar-refractivity contribution is -0.0334. The molecule has 0 amide bonds. The molecule has 84 valence electrons. The van der Waals surface area contributed by atoms with Crippen LogP contribution in [0.1, 0.15) is 31.0 Å². The zero-order chi connectivity index (χ0) is 11.1. The lowest BCUT2D eigenvalue weighted by Gasteiger charge is -2.37. The molecule has 2 rings (SSSR count). The summed E-state index contributed by atoms with van der Waals surface area (Å²) in [4.78, 5) is 0. The first-order valence-corrected chi connectivity index (χ1v) is 5.53. The van der Waals surface area contributed by atoms with Crippen molar-refractivity contribution < 1.29 is 5.11 Å². The highest BCUT2D eigenvalue weighted by Gasteiger charge is 2.41. The second-order valence-corrected chi connectivity index (χ2v) is 4.57. The number of fused-ring (bicyclic) bond motifs is 1. The Morgan fingerprint density at radius 3 is 3.13 bits per heavy atom. The molecule has 1 aromatic rings. The summed E-state index contributed by atoms with van der Waals surface area (Å²) in [5.41, 5.74) is 6.83. The molecule has 2 atom stereocenters. The number of aryl methyl sites for hydroxylation is 2. The molecule has 0 saturated carbocycles. The Labute approximate surface area is 90.1 Å². The predicted molar refractivity (Wildman–Crippen MR) is 58.3 cm³/mol. The maximum atomic E-state index is 10.7. The van der Waals surface area contributed by atoms with Crippen molar-refractivity contribution in [2.45, 2.75) is 31.8 Å². The maximum absolute atomic E-state index is 10.7. The van der Waals surface area contributed by atoms with E-state index in [-0.39, 0.29) is 5.92 Å². The van der Waals surface area contributed by atoms with Crippen molar-refractivity contribution in [3.63, 3.8) is 0 Å². The quantitative estimate of drug-likeness (QED) is 0.747. The standard InChI is InChI=1S/C11H19N3O/c1-8-3-4-10-9(7-14(2)13-10)11(8,15)5-6-12/h7-8,15H,3-6,12H2,1-2H3. The van der Waals surface area contributed by atoms with Crippen molar-refractivity contribution in [1.29, 1.82) is 0 Å². The molecule has 1 aromatic heterocycles. The molecule has 1 aliphatic rings. The average molecular weight is 209 g/mol. The molecule has 1 aliphatic carbocycles. The van der Waals surface area contributed by atoms with E-state index in [4.69, 9.17) is 5.73 Å². The normalized spacial score (nSPS) is 30.3. The first kappa shape index (κ1) is 10.6. The van der Waals surface area contributed by atoms with Gasteiger partial charge < -0.3 is 10.8 Å². The summed E-state index contributed by atoms with van der Waals surface area (Å²) in [5, 5.41) is 15.1. The van der Waals surface area contributed by atoms with Gasteiger partial charge in [-0.1, -0.05) is 6.92 Å². The number of hydrogen-bond donors (Lipinski definition) is 2. The van der Waals surface area contributed by atoms with E-state index in [9.17, 15) is 5.11 Å². The van der Waals surface area contributed by atoms with E-state index in [2.05, 4.69) is 12.0 Å². The lowest BCUT2D eigenvalue weighted by atomic mass is 9.73. The van der Waals surface area contributed by atoms with E-state index in [1.807, 2.05) is 13.2 Å². The van der Waals surface area contributed by atoms with Crippen LogP contribution in [0.3, 0.4) is 0 Å².